The lowest BCUT2D eigenvalue weighted by molar-refractivity contribution is 0.133. The minimum absolute atomic E-state index is 0.0330. The molecule has 0 bridgehead atoms. The van der Waals surface area contributed by atoms with Gasteiger partial charge < -0.3 is 5.11 Å². The highest BCUT2D eigenvalue weighted by atomic mass is 16.3. The van der Waals surface area contributed by atoms with Gasteiger partial charge in [-0.1, -0.05) is 46.0 Å². The van der Waals surface area contributed by atoms with Gasteiger partial charge in [0, 0.05) is 0 Å². The first-order valence-corrected chi connectivity index (χ1v) is 6.86. The van der Waals surface area contributed by atoms with Crippen LogP contribution in [-0.4, -0.2) is 11.2 Å². The van der Waals surface area contributed by atoms with Crippen molar-refractivity contribution < 1.29 is 5.11 Å². The van der Waals surface area contributed by atoms with Crippen LogP contribution in [0.5, 0.6) is 0 Å². The number of aliphatic hydroxyl groups is 1. The molecule has 1 saturated carbocycles. The summed E-state index contributed by atoms with van der Waals surface area (Å²) < 4.78 is 0. The standard InChI is InChI=1S/C14H28O/c1-12(2)8-10-14(15)11-9-13-6-4-3-5-7-13/h12-15H,3-11H2,1-2H3/t14-/m0/s1. The Morgan fingerprint density at radius 2 is 1.67 bits per heavy atom. The second-order valence-corrected chi connectivity index (χ2v) is 5.71. The summed E-state index contributed by atoms with van der Waals surface area (Å²) >= 11 is 0. The van der Waals surface area contributed by atoms with E-state index < -0.39 is 0 Å². The second-order valence-electron chi connectivity index (χ2n) is 5.71. The third kappa shape index (κ3) is 6.19. The summed E-state index contributed by atoms with van der Waals surface area (Å²) in [5, 5.41) is 9.83. The molecule has 1 aliphatic rings. The number of rotatable bonds is 6. The monoisotopic (exact) mass is 212 g/mol. The van der Waals surface area contributed by atoms with Crippen LogP contribution >= 0.6 is 0 Å². The van der Waals surface area contributed by atoms with Gasteiger partial charge in [0.25, 0.3) is 0 Å². The molecule has 0 saturated heterocycles. The molecule has 0 radical (unpaired) electrons. The molecule has 0 heterocycles. The topological polar surface area (TPSA) is 20.2 Å². The quantitative estimate of drug-likeness (QED) is 0.701. The van der Waals surface area contributed by atoms with Gasteiger partial charge in [-0.15, -0.1) is 0 Å². The van der Waals surface area contributed by atoms with E-state index in [4.69, 9.17) is 0 Å². The lowest BCUT2D eigenvalue weighted by atomic mass is 9.85. The van der Waals surface area contributed by atoms with E-state index in [1.165, 1.54) is 44.9 Å². The molecule has 0 amide bonds. The van der Waals surface area contributed by atoms with E-state index in [0.29, 0.717) is 0 Å². The third-order valence-electron chi connectivity index (χ3n) is 3.71. The fourth-order valence-corrected chi connectivity index (χ4v) is 2.57. The SMILES string of the molecule is CC(C)CC[C@H](O)CCC1CCCCC1. The molecule has 0 aliphatic heterocycles. The van der Waals surface area contributed by atoms with Crippen LogP contribution in [0.15, 0.2) is 0 Å². The molecule has 0 aromatic carbocycles. The highest BCUT2D eigenvalue weighted by Crippen LogP contribution is 2.28. The van der Waals surface area contributed by atoms with Gasteiger partial charge in [0.1, 0.15) is 0 Å². The summed E-state index contributed by atoms with van der Waals surface area (Å²) in [5.41, 5.74) is 0. The number of aliphatic hydroxyl groups excluding tert-OH is 1. The lowest BCUT2D eigenvalue weighted by Crippen LogP contribution is -2.12. The summed E-state index contributed by atoms with van der Waals surface area (Å²) in [6.07, 6.45) is 11.6. The Bertz CT molecular complexity index is 147. The smallest absolute Gasteiger partial charge is 0.0540 e. The Balaban J connectivity index is 2.02. The highest BCUT2D eigenvalue weighted by molar-refractivity contribution is 4.68. The van der Waals surface area contributed by atoms with Crippen molar-refractivity contribution in [3.05, 3.63) is 0 Å². The van der Waals surface area contributed by atoms with Crippen molar-refractivity contribution in [2.45, 2.75) is 77.7 Å². The zero-order valence-corrected chi connectivity index (χ0v) is 10.5. The first-order chi connectivity index (χ1) is 7.18. The molecule has 1 fully saturated rings. The second kappa shape index (κ2) is 7.27. The predicted molar refractivity (Wildman–Crippen MR) is 65.9 cm³/mol. The Hall–Kier alpha value is -0.0400. The average molecular weight is 212 g/mol. The molecule has 1 N–H and O–H groups in total. The number of hydrogen-bond donors (Lipinski definition) is 1. The van der Waals surface area contributed by atoms with Crippen molar-refractivity contribution in [3.8, 4) is 0 Å². The summed E-state index contributed by atoms with van der Waals surface area (Å²) in [6, 6.07) is 0. The fraction of sp³-hybridized carbons (Fsp3) is 1.00. The predicted octanol–water partition coefficient (Wildman–Crippen LogP) is 4.14. The van der Waals surface area contributed by atoms with Crippen LogP contribution in [0.25, 0.3) is 0 Å². The first kappa shape index (κ1) is 13.0. The van der Waals surface area contributed by atoms with Crippen molar-refractivity contribution in [2.75, 3.05) is 0 Å². The third-order valence-corrected chi connectivity index (χ3v) is 3.71. The maximum absolute atomic E-state index is 9.83. The van der Waals surface area contributed by atoms with E-state index in [-0.39, 0.29) is 6.10 Å². The van der Waals surface area contributed by atoms with Crippen LogP contribution in [0.4, 0.5) is 0 Å². The minimum Gasteiger partial charge on any atom is -0.393 e. The first-order valence-electron chi connectivity index (χ1n) is 6.86. The van der Waals surface area contributed by atoms with E-state index in [0.717, 1.165) is 24.7 Å². The van der Waals surface area contributed by atoms with Gasteiger partial charge in [0.15, 0.2) is 0 Å². The van der Waals surface area contributed by atoms with Gasteiger partial charge in [0.2, 0.25) is 0 Å². The van der Waals surface area contributed by atoms with E-state index in [1.54, 1.807) is 0 Å². The van der Waals surface area contributed by atoms with Gasteiger partial charge in [-0.05, 0) is 37.5 Å². The summed E-state index contributed by atoms with van der Waals surface area (Å²) in [6.45, 7) is 4.46. The van der Waals surface area contributed by atoms with E-state index in [1.807, 2.05) is 0 Å². The molecule has 1 atom stereocenters. The molecule has 1 rings (SSSR count). The number of hydrogen-bond acceptors (Lipinski definition) is 1. The van der Waals surface area contributed by atoms with E-state index in [9.17, 15) is 5.11 Å². The fourth-order valence-electron chi connectivity index (χ4n) is 2.57. The summed E-state index contributed by atoms with van der Waals surface area (Å²) in [4.78, 5) is 0. The summed E-state index contributed by atoms with van der Waals surface area (Å²) in [7, 11) is 0. The molecular formula is C14H28O. The normalized spacial score (nSPS) is 20.8. The van der Waals surface area contributed by atoms with E-state index >= 15 is 0 Å². The van der Waals surface area contributed by atoms with Gasteiger partial charge >= 0.3 is 0 Å². The molecule has 1 aliphatic carbocycles. The van der Waals surface area contributed by atoms with Crippen molar-refractivity contribution in [3.63, 3.8) is 0 Å². The Kier molecular flexibility index (Phi) is 6.31. The molecule has 0 unspecified atom stereocenters. The zero-order chi connectivity index (χ0) is 11.1. The van der Waals surface area contributed by atoms with Crippen molar-refractivity contribution >= 4 is 0 Å². The zero-order valence-electron chi connectivity index (χ0n) is 10.5. The molecular weight excluding hydrogens is 184 g/mol. The van der Waals surface area contributed by atoms with Crippen molar-refractivity contribution in [1.29, 1.82) is 0 Å². The van der Waals surface area contributed by atoms with Crippen LogP contribution in [-0.2, 0) is 0 Å². The minimum atomic E-state index is -0.0330. The molecule has 0 aromatic rings. The molecule has 0 aromatic heterocycles. The van der Waals surface area contributed by atoms with Gasteiger partial charge in [0.05, 0.1) is 6.10 Å². The average Bonchev–Trinajstić information content (AvgIpc) is 2.25. The maximum atomic E-state index is 9.83. The van der Waals surface area contributed by atoms with Gasteiger partial charge in [-0.2, -0.15) is 0 Å². The van der Waals surface area contributed by atoms with Gasteiger partial charge in [-0.25, -0.2) is 0 Å². The molecule has 1 heteroatoms. The molecule has 90 valence electrons. The largest absolute Gasteiger partial charge is 0.393 e. The van der Waals surface area contributed by atoms with Crippen LogP contribution in [0, 0.1) is 11.8 Å². The van der Waals surface area contributed by atoms with Gasteiger partial charge in [-0.3, -0.25) is 0 Å². The molecule has 0 spiro atoms. The Morgan fingerprint density at radius 3 is 2.27 bits per heavy atom. The van der Waals surface area contributed by atoms with Crippen molar-refractivity contribution in [2.24, 2.45) is 11.8 Å². The summed E-state index contributed by atoms with van der Waals surface area (Å²) in [5.74, 6) is 1.65. The highest BCUT2D eigenvalue weighted by Gasteiger charge is 2.15. The van der Waals surface area contributed by atoms with Crippen LogP contribution in [0.2, 0.25) is 0 Å². The van der Waals surface area contributed by atoms with Crippen LogP contribution in [0.1, 0.15) is 71.6 Å². The Morgan fingerprint density at radius 1 is 1.00 bits per heavy atom. The van der Waals surface area contributed by atoms with Crippen LogP contribution < -0.4 is 0 Å². The van der Waals surface area contributed by atoms with Crippen molar-refractivity contribution in [1.82, 2.24) is 0 Å². The Labute approximate surface area is 95.3 Å². The molecule has 15 heavy (non-hydrogen) atoms. The van der Waals surface area contributed by atoms with E-state index in [2.05, 4.69) is 13.8 Å². The maximum Gasteiger partial charge on any atom is 0.0540 e. The lowest BCUT2D eigenvalue weighted by Gasteiger charge is -2.22. The molecule has 1 nitrogen and oxygen atoms in total. The van der Waals surface area contributed by atoms with Crippen LogP contribution in [0.3, 0.4) is 0 Å².